The van der Waals surface area contributed by atoms with Gasteiger partial charge in [0.25, 0.3) is 11.6 Å². The summed E-state index contributed by atoms with van der Waals surface area (Å²) in [5.41, 5.74) is 0.406. The van der Waals surface area contributed by atoms with Gasteiger partial charge >= 0.3 is 0 Å². The van der Waals surface area contributed by atoms with Crippen molar-refractivity contribution < 1.29 is 14.1 Å². The second kappa shape index (κ2) is 8.89. The average Bonchev–Trinajstić information content (AvgIpc) is 3.16. The van der Waals surface area contributed by atoms with Gasteiger partial charge in [-0.1, -0.05) is 11.6 Å². The third kappa shape index (κ3) is 5.01. The van der Waals surface area contributed by atoms with Crippen LogP contribution in [0.25, 0.3) is 17.4 Å². The Labute approximate surface area is 183 Å². The first-order valence-corrected chi connectivity index (χ1v) is 9.56. The van der Waals surface area contributed by atoms with Crippen molar-refractivity contribution in [2.24, 2.45) is 0 Å². The van der Waals surface area contributed by atoms with Gasteiger partial charge in [0, 0.05) is 26.4 Å². The van der Waals surface area contributed by atoms with Crippen molar-refractivity contribution in [2.45, 2.75) is 0 Å². The number of halogens is 2. The van der Waals surface area contributed by atoms with Gasteiger partial charge in [0.15, 0.2) is 0 Å². The second-order valence-electron chi connectivity index (χ2n) is 5.75. The number of nitro groups is 1. The predicted octanol–water partition coefficient (Wildman–Crippen LogP) is 5.66. The van der Waals surface area contributed by atoms with Crippen molar-refractivity contribution in [2.75, 3.05) is 5.32 Å². The van der Waals surface area contributed by atoms with E-state index in [1.54, 1.807) is 12.1 Å². The fraction of sp³-hybridized carbons (Fsp3) is 0. The summed E-state index contributed by atoms with van der Waals surface area (Å²) in [4.78, 5) is 23.0. The maximum absolute atomic E-state index is 12.3. The van der Waals surface area contributed by atoms with E-state index in [0.29, 0.717) is 5.69 Å². The Balaban J connectivity index is 1.86. The maximum Gasteiger partial charge on any atom is 0.281 e. The van der Waals surface area contributed by atoms with Gasteiger partial charge in [-0.05, 0) is 71.1 Å². The lowest BCUT2D eigenvalue weighted by Gasteiger charge is -2.04. The molecule has 0 saturated heterocycles. The van der Waals surface area contributed by atoms with Crippen LogP contribution in [0, 0.1) is 25.0 Å². The number of carbonyl (C=O) groups excluding carboxylic acids is 1. The minimum Gasteiger partial charge on any atom is -0.456 e. The summed E-state index contributed by atoms with van der Waals surface area (Å²) in [6.07, 6.45) is 1.27. The van der Waals surface area contributed by atoms with Gasteiger partial charge in [-0.3, -0.25) is 14.9 Å². The molecule has 0 unspecified atom stereocenters. The Kier molecular flexibility index (Phi) is 6.31. The van der Waals surface area contributed by atoms with Crippen LogP contribution < -0.4 is 5.32 Å². The van der Waals surface area contributed by atoms with Gasteiger partial charge in [0.05, 0.1) is 10.5 Å². The number of rotatable bonds is 5. The molecule has 0 aliphatic heterocycles. The summed E-state index contributed by atoms with van der Waals surface area (Å²) in [6, 6.07) is 16.2. The summed E-state index contributed by atoms with van der Waals surface area (Å²) in [6.45, 7) is 0. The van der Waals surface area contributed by atoms with Crippen LogP contribution in [-0.2, 0) is 4.79 Å². The van der Waals surface area contributed by atoms with Crippen molar-refractivity contribution in [3.8, 4) is 17.4 Å². The minimum absolute atomic E-state index is 0.171. The minimum atomic E-state index is -0.593. The molecule has 3 rings (SSSR count). The summed E-state index contributed by atoms with van der Waals surface area (Å²) in [5.74, 6) is -0.169. The van der Waals surface area contributed by atoms with Gasteiger partial charge in [-0.2, -0.15) is 5.26 Å². The number of nitrogens with one attached hydrogen (secondary N) is 1. The molecule has 0 atom stereocenters. The van der Waals surface area contributed by atoms with Gasteiger partial charge < -0.3 is 9.73 Å². The first-order chi connectivity index (χ1) is 13.9. The lowest BCUT2D eigenvalue weighted by atomic mass is 10.1. The van der Waals surface area contributed by atoms with Crippen LogP contribution in [0.4, 0.5) is 11.4 Å². The molecular weight excluding hydrogens is 509 g/mol. The van der Waals surface area contributed by atoms with Gasteiger partial charge in [0.2, 0.25) is 0 Å². The van der Waals surface area contributed by atoms with E-state index in [1.807, 2.05) is 18.2 Å². The van der Waals surface area contributed by atoms with E-state index >= 15 is 0 Å². The topological polar surface area (TPSA) is 109 Å². The molecule has 0 radical (unpaired) electrons. The van der Waals surface area contributed by atoms with Crippen molar-refractivity contribution in [3.05, 3.63) is 84.6 Å². The van der Waals surface area contributed by atoms with Crippen LogP contribution in [-0.4, -0.2) is 10.8 Å². The lowest BCUT2D eigenvalue weighted by molar-refractivity contribution is -0.384. The standard InChI is InChI=1S/C20H11ClIN3O4/c21-13-1-7-17(18(10-13)25(27)28)19-8-6-16(29-19)9-12(11-23)20(26)24-15-4-2-14(22)3-5-15/h1-10H,(H,24,26)/b12-9-. The van der Waals surface area contributed by atoms with Gasteiger partial charge in [-0.25, -0.2) is 0 Å². The lowest BCUT2D eigenvalue weighted by Crippen LogP contribution is -2.13. The average molecular weight is 520 g/mol. The van der Waals surface area contributed by atoms with E-state index in [0.717, 1.165) is 3.57 Å². The molecule has 29 heavy (non-hydrogen) atoms. The zero-order chi connectivity index (χ0) is 21.0. The second-order valence-corrected chi connectivity index (χ2v) is 7.43. The van der Waals surface area contributed by atoms with Crippen molar-refractivity contribution >= 4 is 57.5 Å². The smallest absolute Gasteiger partial charge is 0.281 e. The van der Waals surface area contributed by atoms with E-state index in [9.17, 15) is 20.2 Å². The Morgan fingerprint density at radius 2 is 1.93 bits per heavy atom. The van der Waals surface area contributed by atoms with Gasteiger partial charge in [-0.15, -0.1) is 0 Å². The maximum atomic E-state index is 12.3. The molecule has 1 heterocycles. The van der Waals surface area contributed by atoms with Crippen LogP contribution in [0.15, 0.2) is 64.6 Å². The highest BCUT2D eigenvalue weighted by molar-refractivity contribution is 14.1. The Bertz CT molecular complexity index is 1160. The highest BCUT2D eigenvalue weighted by Gasteiger charge is 2.19. The molecule has 1 aromatic heterocycles. The summed E-state index contributed by atoms with van der Waals surface area (Å²) < 4.78 is 6.60. The predicted molar refractivity (Wildman–Crippen MR) is 117 cm³/mol. The number of carbonyl (C=O) groups is 1. The first kappa shape index (κ1) is 20.6. The molecular formula is C20H11ClIN3O4. The number of nitriles is 1. The largest absolute Gasteiger partial charge is 0.456 e. The quantitative estimate of drug-likeness (QED) is 0.154. The molecule has 3 aromatic rings. The summed E-state index contributed by atoms with van der Waals surface area (Å²) in [5, 5.41) is 23.4. The number of hydrogen-bond donors (Lipinski definition) is 1. The fourth-order valence-corrected chi connectivity index (χ4v) is 2.99. The molecule has 9 heteroatoms. The molecule has 0 saturated carbocycles. The third-order valence-electron chi connectivity index (χ3n) is 3.80. The number of amides is 1. The highest BCUT2D eigenvalue weighted by Crippen LogP contribution is 2.33. The molecule has 0 fully saturated rings. The van der Waals surface area contributed by atoms with Crippen LogP contribution in [0.3, 0.4) is 0 Å². The Hall–Kier alpha value is -3.16. The third-order valence-corrected chi connectivity index (χ3v) is 4.76. The number of anilines is 1. The van der Waals surface area contributed by atoms with Crippen molar-refractivity contribution in [1.82, 2.24) is 0 Å². The zero-order valence-electron chi connectivity index (χ0n) is 14.6. The molecule has 7 nitrogen and oxygen atoms in total. The van der Waals surface area contributed by atoms with Crippen molar-refractivity contribution in [3.63, 3.8) is 0 Å². The molecule has 2 aromatic carbocycles. The number of nitro benzene ring substituents is 1. The van der Waals surface area contributed by atoms with Crippen LogP contribution in [0.5, 0.6) is 0 Å². The van der Waals surface area contributed by atoms with Crippen LogP contribution in [0.2, 0.25) is 5.02 Å². The first-order valence-electron chi connectivity index (χ1n) is 8.10. The van der Waals surface area contributed by atoms with E-state index < -0.39 is 10.8 Å². The molecule has 0 bridgehead atoms. The summed E-state index contributed by atoms with van der Waals surface area (Å²) in [7, 11) is 0. The SMILES string of the molecule is N#C/C(=C/c1ccc(-c2ccc(Cl)cc2[N+](=O)[O-])o1)C(=O)Nc1ccc(I)cc1. The monoisotopic (exact) mass is 519 g/mol. The Morgan fingerprint density at radius 3 is 2.59 bits per heavy atom. The molecule has 0 spiro atoms. The molecule has 0 aliphatic carbocycles. The van der Waals surface area contributed by atoms with E-state index in [2.05, 4.69) is 27.9 Å². The Morgan fingerprint density at radius 1 is 1.21 bits per heavy atom. The van der Waals surface area contributed by atoms with Crippen LogP contribution >= 0.6 is 34.2 Å². The molecule has 1 N–H and O–H groups in total. The normalized spacial score (nSPS) is 11.0. The highest BCUT2D eigenvalue weighted by atomic mass is 127. The van der Waals surface area contributed by atoms with Crippen LogP contribution in [0.1, 0.15) is 5.76 Å². The van der Waals surface area contributed by atoms with E-state index in [-0.39, 0.29) is 33.4 Å². The number of benzene rings is 2. The molecule has 0 aliphatic rings. The zero-order valence-corrected chi connectivity index (χ0v) is 17.5. The number of nitrogens with zero attached hydrogens (tertiary/aromatic N) is 2. The van der Waals surface area contributed by atoms with Crippen molar-refractivity contribution in [1.29, 1.82) is 5.26 Å². The fourth-order valence-electron chi connectivity index (χ4n) is 2.46. The number of furan rings is 1. The number of hydrogen-bond acceptors (Lipinski definition) is 5. The van der Waals surface area contributed by atoms with E-state index in [4.69, 9.17) is 16.0 Å². The molecule has 1 amide bonds. The van der Waals surface area contributed by atoms with E-state index in [1.165, 1.54) is 36.4 Å². The van der Waals surface area contributed by atoms with Gasteiger partial charge in [0.1, 0.15) is 23.2 Å². The summed E-state index contributed by atoms with van der Waals surface area (Å²) >= 11 is 7.97. The molecule has 144 valence electrons.